The van der Waals surface area contributed by atoms with Gasteiger partial charge in [-0.2, -0.15) is 0 Å². The predicted molar refractivity (Wildman–Crippen MR) is 118 cm³/mol. The molecule has 0 heterocycles. The minimum Gasteiger partial charge on any atom is -0.309 e. The highest BCUT2D eigenvalue weighted by Gasteiger charge is 2.22. The number of benzene rings is 2. The molecule has 0 aromatic heterocycles. The Bertz CT molecular complexity index is 591. The Hall–Kier alpha value is -1.64. The Balaban J connectivity index is 2.22. The van der Waals surface area contributed by atoms with Crippen LogP contribution in [-0.2, 0) is 0 Å². The van der Waals surface area contributed by atoms with E-state index in [-0.39, 0.29) is 10.8 Å². The summed E-state index contributed by atoms with van der Waals surface area (Å²) in [5.74, 6) is 0. The van der Waals surface area contributed by atoms with Crippen LogP contribution >= 0.6 is 0 Å². The van der Waals surface area contributed by atoms with E-state index < -0.39 is 0 Å². The van der Waals surface area contributed by atoms with Gasteiger partial charge in [0.25, 0.3) is 0 Å². The normalized spacial score (nSPS) is 14.7. The lowest BCUT2D eigenvalue weighted by molar-refractivity contribution is 0.304. The molecule has 0 aliphatic carbocycles. The molecular formula is C25H38N2. The molecule has 148 valence electrons. The smallest absolute Gasteiger partial charge is 0.0338 e. The highest BCUT2D eigenvalue weighted by molar-refractivity contribution is 5.23. The van der Waals surface area contributed by atoms with Gasteiger partial charge in [-0.15, -0.1) is 0 Å². The molecule has 0 saturated heterocycles. The molecule has 2 heteroatoms. The first-order valence-electron chi connectivity index (χ1n) is 10.2. The second-order valence-corrected chi connectivity index (χ2v) is 10.0. The molecule has 0 radical (unpaired) electrons. The fraction of sp³-hybridized carbons (Fsp3) is 0.520. The lowest BCUT2D eigenvalue weighted by Crippen LogP contribution is -2.36. The molecule has 2 rings (SSSR count). The van der Waals surface area contributed by atoms with Crippen LogP contribution in [-0.4, -0.2) is 13.1 Å². The SMILES string of the molecule is CC(C)(C)CN[C@@H](C[C@H](NCC(C)(C)C)c1ccccc1)c1ccccc1. The average Bonchev–Trinajstić information content (AvgIpc) is 2.61. The fourth-order valence-corrected chi connectivity index (χ4v) is 3.14. The Morgan fingerprint density at radius 2 is 0.926 bits per heavy atom. The molecule has 0 saturated carbocycles. The Morgan fingerprint density at radius 1 is 0.593 bits per heavy atom. The zero-order chi connectivity index (χ0) is 19.9. The molecule has 2 nitrogen and oxygen atoms in total. The van der Waals surface area contributed by atoms with Gasteiger partial charge in [0, 0.05) is 25.2 Å². The van der Waals surface area contributed by atoms with Crippen LogP contribution in [0.1, 0.15) is 71.2 Å². The molecule has 0 aliphatic rings. The molecule has 2 aromatic rings. The Morgan fingerprint density at radius 3 is 1.22 bits per heavy atom. The van der Waals surface area contributed by atoms with Crippen LogP contribution in [0.2, 0.25) is 0 Å². The van der Waals surface area contributed by atoms with Crippen molar-refractivity contribution in [1.29, 1.82) is 0 Å². The van der Waals surface area contributed by atoms with E-state index in [0.29, 0.717) is 12.1 Å². The summed E-state index contributed by atoms with van der Waals surface area (Å²) >= 11 is 0. The molecule has 27 heavy (non-hydrogen) atoms. The molecule has 0 unspecified atom stereocenters. The Labute approximate surface area is 166 Å². The van der Waals surface area contributed by atoms with Gasteiger partial charge in [-0.3, -0.25) is 0 Å². The molecule has 2 N–H and O–H groups in total. The minimum atomic E-state index is 0.258. The quantitative estimate of drug-likeness (QED) is 0.587. The van der Waals surface area contributed by atoms with Crippen molar-refractivity contribution in [2.75, 3.05) is 13.1 Å². The van der Waals surface area contributed by atoms with Crippen molar-refractivity contribution in [3.8, 4) is 0 Å². The first-order chi connectivity index (χ1) is 12.6. The van der Waals surface area contributed by atoms with Crippen molar-refractivity contribution in [3.05, 3.63) is 71.8 Å². The van der Waals surface area contributed by atoms with Crippen LogP contribution in [0.3, 0.4) is 0 Å². The van der Waals surface area contributed by atoms with E-state index in [1.807, 2.05) is 0 Å². The lowest BCUT2D eigenvalue weighted by atomic mass is 9.90. The van der Waals surface area contributed by atoms with Crippen molar-refractivity contribution >= 4 is 0 Å². The maximum Gasteiger partial charge on any atom is 0.0338 e. The topological polar surface area (TPSA) is 24.1 Å². The highest BCUT2D eigenvalue weighted by Crippen LogP contribution is 2.28. The fourth-order valence-electron chi connectivity index (χ4n) is 3.14. The number of hydrogen-bond acceptors (Lipinski definition) is 2. The van der Waals surface area contributed by atoms with E-state index >= 15 is 0 Å². The molecule has 0 bridgehead atoms. The van der Waals surface area contributed by atoms with Gasteiger partial charge in [0.15, 0.2) is 0 Å². The summed E-state index contributed by atoms with van der Waals surface area (Å²) in [5.41, 5.74) is 3.24. The Kier molecular flexibility index (Phi) is 7.64. The second-order valence-electron chi connectivity index (χ2n) is 10.0. The van der Waals surface area contributed by atoms with Crippen LogP contribution < -0.4 is 10.6 Å². The summed E-state index contributed by atoms with van der Waals surface area (Å²) in [6, 6.07) is 22.4. The van der Waals surface area contributed by atoms with Crippen molar-refractivity contribution < 1.29 is 0 Å². The third kappa shape index (κ3) is 8.28. The molecular weight excluding hydrogens is 328 g/mol. The van der Waals surface area contributed by atoms with E-state index in [0.717, 1.165) is 19.5 Å². The maximum absolute atomic E-state index is 3.83. The molecule has 0 spiro atoms. The molecule has 0 aliphatic heterocycles. The van der Waals surface area contributed by atoms with E-state index in [1.165, 1.54) is 11.1 Å². The van der Waals surface area contributed by atoms with Gasteiger partial charge in [-0.05, 0) is 28.4 Å². The van der Waals surface area contributed by atoms with Crippen LogP contribution in [0.5, 0.6) is 0 Å². The highest BCUT2D eigenvalue weighted by atomic mass is 15.0. The molecule has 0 amide bonds. The van der Waals surface area contributed by atoms with Crippen molar-refractivity contribution in [2.24, 2.45) is 10.8 Å². The van der Waals surface area contributed by atoms with Gasteiger partial charge in [0.05, 0.1) is 0 Å². The summed E-state index contributed by atoms with van der Waals surface area (Å²) in [4.78, 5) is 0. The first-order valence-corrected chi connectivity index (χ1v) is 10.2. The van der Waals surface area contributed by atoms with Gasteiger partial charge in [-0.25, -0.2) is 0 Å². The summed E-state index contributed by atoms with van der Waals surface area (Å²) in [5, 5.41) is 7.67. The van der Waals surface area contributed by atoms with Gasteiger partial charge >= 0.3 is 0 Å². The number of nitrogens with one attached hydrogen (secondary N) is 2. The molecule has 2 atom stereocenters. The lowest BCUT2D eigenvalue weighted by Gasteiger charge is -2.31. The van der Waals surface area contributed by atoms with Gasteiger partial charge in [0.1, 0.15) is 0 Å². The summed E-state index contributed by atoms with van der Waals surface area (Å²) in [6.07, 6.45) is 1.03. The van der Waals surface area contributed by atoms with E-state index in [4.69, 9.17) is 0 Å². The van der Waals surface area contributed by atoms with Crippen LogP contribution in [0.4, 0.5) is 0 Å². The standard InChI is InChI=1S/C25H38N2/c1-24(2,3)18-26-22(20-13-9-7-10-14-20)17-23(27-19-25(4,5)6)21-15-11-8-12-16-21/h7-16,22-23,26-27H,17-19H2,1-6H3/t22-,23-/m0/s1. The second kappa shape index (κ2) is 9.52. The summed E-state index contributed by atoms with van der Waals surface area (Å²) in [7, 11) is 0. The predicted octanol–water partition coefficient (Wildman–Crippen LogP) is 6.13. The summed E-state index contributed by atoms with van der Waals surface area (Å²) < 4.78 is 0. The third-order valence-electron chi connectivity index (χ3n) is 4.63. The van der Waals surface area contributed by atoms with Crippen LogP contribution in [0.15, 0.2) is 60.7 Å². The third-order valence-corrected chi connectivity index (χ3v) is 4.63. The van der Waals surface area contributed by atoms with Gasteiger partial charge in [0.2, 0.25) is 0 Å². The van der Waals surface area contributed by atoms with Crippen molar-refractivity contribution in [3.63, 3.8) is 0 Å². The van der Waals surface area contributed by atoms with Crippen LogP contribution in [0, 0.1) is 10.8 Å². The zero-order valence-corrected chi connectivity index (χ0v) is 18.0. The van der Waals surface area contributed by atoms with E-state index in [2.05, 4.69) is 113 Å². The average molecular weight is 367 g/mol. The maximum atomic E-state index is 3.83. The molecule has 2 aromatic carbocycles. The van der Waals surface area contributed by atoms with E-state index in [9.17, 15) is 0 Å². The molecule has 0 fully saturated rings. The minimum absolute atomic E-state index is 0.258. The van der Waals surface area contributed by atoms with Crippen LogP contribution in [0.25, 0.3) is 0 Å². The van der Waals surface area contributed by atoms with Crippen molar-refractivity contribution in [2.45, 2.75) is 60.0 Å². The first kappa shape index (κ1) is 21.7. The summed E-state index contributed by atoms with van der Waals surface area (Å²) in [6.45, 7) is 15.7. The number of hydrogen-bond donors (Lipinski definition) is 2. The number of rotatable bonds is 8. The van der Waals surface area contributed by atoms with Gasteiger partial charge < -0.3 is 10.6 Å². The monoisotopic (exact) mass is 366 g/mol. The largest absolute Gasteiger partial charge is 0.309 e. The van der Waals surface area contributed by atoms with E-state index in [1.54, 1.807) is 0 Å². The van der Waals surface area contributed by atoms with Crippen molar-refractivity contribution in [1.82, 2.24) is 10.6 Å². The van der Waals surface area contributed by atoms with Gasteiger partial charge in [-0.1, -0.05) is 102 Å². The zero-order valence-electron chi connectivity index (χ0n) is 18.0.